The van der Waals surface area contributed by atoms with Gasteiger partial charge >= 0.3 is 0 Å². The molecule has 1 aromatic carbocycles. The molecule has 2 N–H and O–H groups in total. The zero-order chi connectivity index (χ0) is 13.9. The van der Waals surface area contributed by atoms with Crippen molar-refractivity contribution in [3.8, 4) is 6.07 Å². The molecule has 0 bridgehead atoms. The van der Waals surface area contributed by atoms with E-state index in [2.05, 4.69) is 16.7 Å². The van der Waals surface area contributed by atoms with Gasteiger partial charge < -0.3 is 15.4 Å². The first-order valence-corrected chi connectivity index (χ1v) is 6.19. The largest absolute Gasteiger partial charge is 0.383 e. The number of ether oxygens (including phenoxy) is 1. The van der Waals surface area contributed by atoms with Crippen molar-refractivity contribution in [1.29, 1.82) is 5.26 Å². The van der Waals surface area contributed by atoms with Crippen LogP contribution in [0.2, 0.25) is 0 Å². The number of hydrogen-bond acceptors (Lipinski definition) is 4. The lowest BCUT2D eigenvalue weighted by Crippen LogP contribution is -2.37. The van der Waals surface area contributed by atoms with Crippen LogP contribution in [0.4, 0.5) is 0 Å². The van der Waals surface area contributed by atoms with Gasteiger partial charge in [0.2, 0.25) is 5.91 Å². The van der Waals surface area contributed by atoms with Crippen LogP contribution in [0.1, 0.15) is 18.0 Å². The van der Waals surface area contributed by atoms with Crippen molar-refractivity contribution in [3.63, 3.8) is 0 Å². The molecule has 0 saturated heterocycles. The maximum atomic E-state index is 11.5. The van der Waals surface area contributed by atoms with Gasteiger partial charge in [-0.2, -0.15) is 5.26 Å². The van der Waals surface area contributed by atoms with Crippen LogP contribution in [0.25, 0.3) is 0 Å². The molecule has 1 amide bonds. The van der Waals surface area contributed by atoms with Crippen molar-refractivity contribution >= 4 is 5.91 Å². The van der Waals surface area contributed by atoms with Gasteiger partial charge in [0.15, 0.2) is 0 Å². The van der Waals surface area contributed by atoms with Gasteiger partial charge in [-0.15, -0.1) is 0 Å². The molecule has 0 saturated carbocycles. The van der Waals surface area contributed by atoms with Gasteiger partial charge in [0.25, 0.3) is 0 Å². The summed E-state index contributed by atoms with van der Waals surface area (Å²) >= 11 is 0. The summed E-state index contributed by atoms with van der Waals surface area (Å²) in [6.45, 7) is 1.17. The molecule has 0 spiro atoms. The van der Waals surface area contributed by atoms with Gasteiger partial charge in [-0.25, -0.2) is 0 Å². The highest BCUT2D eigenvalue weighted by atomic mass is 16.5. The molecule has 0 heterocycles. The number of benzene rings is 1. The zero-order valence-corrected chi connectivity index (χ0v) is 11.1. The van der Waals surface area contributed by atoms with E-state index in [9.17, 15) is 4.79 Å². The highest BCUT2D eigenvalue weighted by Gasteiger charge is 2.11. The lowest BCUT2D eigenvalue weighted by Gasteiger charge is -2.16. The molecule has 1 unspecified atom stereocenters. The first kappa shape index (κ1) is 15.2. The number of methoxy groups -OCH3 is 1. The predicted molar refractivity (Wildman–Crippen MR) is 72.3 cm³/mol. The van der Waals surface area contributed by atoms with Crippen molar-refractivity contribution in [2.45, 2.75) is 12.5 Å². The van der Waals surface area contributed by atoms with Gasteiger partial charge in [0.1, 0.15) is 0 Å². The third-order valence-electron chi connectivity index (χ3n) is 2.63. The minimum Gasteiger partial charge on any atom is -0.383 e. The monoisotopic (exact) mass is 261 g/mol. The van der Waals surface area contributed by atoms with Crippen LogP contribution in [-0.2, 0) is 9.53 Å². The molecule has 1 rings (SSSR count). The van der Waals surface area contributed by atoms with Crippen molar-refractivity contribution in [2.75, 3.05) is 26.8 Å². The summed E-state index contributed by atoms with van der Waals surface area (Å²) in [7, 11) is 1.59. The Kier molecular flexibility index (Phi) is 7.25. The van der Waals surface area contributed by atoms with Crippen LogP contribution >= 0.6 is 0 Å². The average Bonchev–Trinajstić information content (AvgIpc) is 2.44. The predicted octanol–water partition coefficient (Wildman–Crippen LogP) is 0.994. The third kappa shape index (κ3) is 6.00. The van der Waals surface area contributed by atoms with E-state index >= 15 is 0 Å². The molecule has 19 heavy (non-hydrogen) atoms. The second-order valence-corrected chi connectivity index (χ2v) is 4.05. The normalized spacial score (nSPS) is 11.6. The number of carbonyl (C=O) groups excluding carboxylic acids is 1. The van der Waals surface area contributed by atoms with Crippen LogP contribution in [0.15, 0.2) is 30.3 Å². The Labute approximate surface area is 113 Å². The number of amides is 1. The fourth-order valence-corrected chi connectivity index (χ4v) is 1.66. The maximum Gasteiger partial charge on any atom is 0.234 e. The maximum absolute atomic E-state index is 11.5. The minimum atomic E-state index is -0.126. The van der Waals surface area contributed by atoms with Crippen molar-refractivity contribution < 1.29 is 9.53 Å². The Morgan fingerprint density at radius 1 is 1.42 bits per heavy atom. The fourth-order valence-electron chi connectivity index (χ4n) is 1.66. The molecule has 1 aromatic rings. The van der Waals surface area contributed by atoms with Crippen LogP contribution in [0.3, 0.4) is 0 Å². The summed E-state index contributed by atoms with van der Waals surface area (Å²) in [5.74, 6) is -0.101. The SMILES string of the molecule is COCCNC(=O)CNC(CC#N)c1ccccc1. The van der Waals surface area contributed by atoms with Crippen molar-refractivity contribution in [1.82, 2.24) is 10.6 Å². The van der Waals surface area contributed by atoms with E-state index in [0.29, 0.717) is 19.6 Å². The molecule has 5 heteroatoms. The number of nitriles is 1. The van der Waals surface area contributed by atoms with E-state index in [1.54, 1.807) is 7.11 Å². The summed E-state index contributed by atoms with van der Waals surface area (Å²) in [6.07, 6.45) is 0.329. The van der Waals surface area contributed by atoms with Gasteiger partial charge in [0, 0.05) is 19.7 Å². The molecular formula is C14H19N3O2. The van der Waals surface area contributed by atoms with Crippen molar-refractivity contribution in [3.05, 3.63) is 35.9 Å². The second kappa shape index (κ2) is 9.09. The number of hydrogen-bond donors (Lipinski definition) is 2. The summed E-state index contributed by atoms with van der Waals surface area (Å²) in [5, 5.41) is 14.6. The average molecular weight is 261 g/mol. The topological polar surface area (TPSA) is 74.2 Å². The highest BCUT2D eigenvalue weighted by Crippen LogP contribution is 2.15. The summed E-state index contributed by atoms with van der Waals surface area (Å²) in [5.41, 5.74) is 1.01. The van der Waals surface area contributed by atoms with E-state index in [-0.39, 0.29) is 18.5 Å². The number of nitrogens with zero attached hydrogens (tertiary/aromatic N) is 1. The van der Waals surface area contributed by atoms with Gasteiger partial charge in [-0.05, 0) is 5.56 Å². The molecule has 0 aromatic heterocycles. The van der Waals surface area contributed by atoms with E-state index < -0.39 is 0 Å². The second-order valence-electron chi connectivity index (χ2n) is 4.05. The molecule has 0 aliphatic carbocycles. The third-order valence-corrected chi connectivity index (χ3v) is 2.63. The number of carbonyl (C=O) groups is 1. The molecule has 0 aliphatic heterocycles. The standard InChI is InChI=1S/C14H19N3O2/c1-19-10-9-16-14(18)11-17-13(7-8-15)12-5-3-2-4-6-12/h2-6,13,17H,7,9-11H2,1H3,(H,16,18). The summed E-state index contributed by atoms with van der Waals surface area (Å²) in [4.78, 5) is 11.5. The van der Waals surface area contributed by atoms with Crippen LogP contribution in [0.5, 0.6) is 0 Å². The summed E-state index contributed by atoms with van der Waals surface area (Å²) < 4.78 is 4.85. The molecule has 5 nitrogen and oxygen atoms in total. The molecule has 0 radical (unpaired) electrons. The van der Waals surface area contributed by atoms with Crippen LogP contribution < -0.4 is 10.6 Å². The van der Waals surface area contributed by atoms with Gasteiger partial charge in [0.05, 0.1) is 25.6 Å². The van der Waals surface area contributed by atoms with Gasteiger partial charge in [-0.1, -0.05) is 30.3 Å². The highest BCUT2D eigenvalue weighted by molar-refractivity contribution is 5.78. The zero-order valence-electron chi connectivity index (χ0n) is 11.1. The molecule has 0 aliphatic rings. The Morgan fingerprint density at radius 2 is 2.16 bits per heavy atom. The van der Waals surface area contributed by atoms with Gasteiger partial charge in [-0.3, -0.25) is 4.79 Å². The number of rotatable bonds is 8. The van der Waals surface area contributed by atoms with Crippen LogP contribution in [0, 0.1) is 11.3 Å². The van der Waals surface area contributed by atoms with Crippen LogP contribution in [-0.4, -0.2) is 32.7 Å². The van der Waals surface area contributed by atoms with E-state index in [4.69, 9.17) is 10.00 Å². The minimum absolute atomic E-state index is 0.101. The lowest BCUT2D eigenvalue weighted by atomic mass is 10.0. The fraction of sp³-hybridized carbons (Fsp3) is 0.429. The molecule has 0 fully saturated rings. The molecule has 1 atom stereocenters. The smallest absolute Gasteiger partial charge is 0.234 e. The Hall–Kier alpha value is -1.90. The first-order valence-electron chi connectivity index (χ1n) is 6.19. The number of nitrogens with one attached hydrogen (secondary N) is 2. The molecular weight excluding hydrogens is 242 g/mol. The van der Waals surface area contributed by atoms with E-state index in [0.717, 1.165) is 5.56 Å². The lowest BCUT2D eigenvalue weighted by molar-refractivity contribution is -0.120. The molecule has 102 valence electrons. The quantitative estimate of drug-likeness (QED) is 0.684. The first-order chi connectivity index (χ1) is 9.27. The van der Waals surface area contributed by atoms with Crippen molar-refractivity contribution in [2.24, 2.45) is 0 Å². The Bertz CT molecular complexity index is 414. The summed E-state index contributed by atoms with van der Waals surface area (Å²) in [6, 6.07) is 11.6. The Morgan fingerprint density at radius 3 is 2.79 bits per heavy atom. The van der Waals surface area contributed by atoms with E-state index in [1.165, 1.54) is 0 Å². The van der Waals surface area contributed by atoms with E-state index in [1.807, 2.05) is 30.3 Å². The Balaban J connectivity index is 2.43.